The maximum absolute atomic E-state index is 12.5. The quantitative estimate of drug-likeness (QED) is 0.774. The third kappa shape index (κ3) is 3.61. The minimum Gasteiger partial charge on any atom is -0.381 e. The number of halogens is 2. The van der Waals surface area contributed by atoms with Gasteiger partial charge in [0.1, 0.15) is 0 Å². The second-order valence-corrected chi connectivity index (χ2v) is 5.92. The second kappa shape index (κ2) is 6.41. The molecule has 18 heavy (non-hydrogen) atoms. The zero-order valence-corrected chi connectivity index (χ0v) is 11.4. The fourth-order valence-electron chi connectivity index (χ4n) is 2.52. The maximum atomic E-state index is 12.5. The lowest BCUT2D eigenvalue weighted by Gasteiger charge is -2.31. The number of hydrogen-bond donors (Lipinski definition) is 1. The van der Waals surface area contributed by atoms with Crippen LogP contribution in [0.2, 0.25) is 0 Å². The SMILES string of the molecule is CC1CCCCC1Nc1ccccc1SC(F)F. The monoisotopic (exact) mass is 271 g/mol. The Balaban J connectivity index is 2.07. The Labute approximate surface area is 111 Å². The number of para-hydroxylation sites is 1. The van der Waals surface area contributed by atoms with E-state index in [0.29, 0.717) is 28.6 Å². The van der Waals surface area contributed by atoms with Crippen LogP contribution in [-0.4, -0.2) is 11.8 Å². The van der Waals surface area contributed by atoms with E-state index in [1.54, 1.807) is 12.1 Å². The van der Waals surface area contributed by atoms with E-state index in [1.807, 2.05) is 12.1 Å². The van der Waals surface area contributed by atoms with Crippen LogP contribution in [0.25, 0.3) is 0 Å². The number of benzene rings is 1. The molecule has 0 bridgehead atoms. The van der Waals surface area contributed by atoms with Crippen molar-refractivity contribution in [2.75, 3.05) is 5.32 Å². The molecule has 0 amide bonds. The van der Waals surface area contributed by atoms with Gasteiger partial charge in [-0.25, -0.2) is 0 Å². The van der Waals surface area contributed by atoms with Crippen molar-refractivity contribution >= 4 is 17.4 Å². The molecule has 0 aromatic heterocycles. The summed E-state index contributed by atoms with van der Waals surface area (Å²) >= 11 is 0.619. The van der Waals surface area contributed by atoms with Gasteiger partial charge in [0.15, 0.2) is 0 Å². The first kappa shape index (κ1) is 13.7. The summed E-state index contributed by atoms with van der Waals surface area (Å²) in [6.07, 6.45) is 4.87. The van der Waals surface area contributed by atoms with Gasteiger partial charge in [0, 0.05) is 16.6 Å². The van der Waals surface area contributed by atoms with Crippen molar-refractivity contribution in [3.05, 3.63) is 24.3 Å². The molecule has 0 saturated heterocycles. The van der Waals surface area contributed by atoms with Crippen LogP contribution in [0.5, 0.6) is 0 Å². The topological polar surface area (TPSA) is 12.0 Å². The van der Waals surface area contributed by atoms with Crippen LogP contribution in [0.4, 0.5) is 14.5 Å². The Hall–Kier alpha value is -0.770. The minimum atomic E-state index is -2.36. The molecule has 2 unspecified atom stereocenters. The van der Waals surface area contributed by atoms with Crippen molar-refractivity contribution in [1.82, 2.24) is 0 Å². The van der Waals surface area contributed by atoms with Crippen molar-refractivity contribution in [2.45, 2.75) is 49.3 Å². The van der Waals surface area contributed by atoms with Gasteiger partial charge in [0.05, 0.1) is 0 Å². The highest BCUT2D eigenvalue weighted by Gasteiger charge is 2.22. The van der Waals surface area contributed by atoms with E-state index in [9.17, 15) is 8.78 Å². The summed E-state index contributed by atoms with van der Waals surface area (Å²) in [5, 5.41) is 3.45. The van der Waals surface area contributed by atoms with E-state index >= 15 is 0 Å². The maximum Gasteiger partial charge on any atom is 0.288 e. The molecule has 0 heterocycles. The van der Waals surface area contributed by atoms with Gasteiger partial charge in [-0.2, -0.15) is 8.78 Å². The van der Waals surface area contributed by atoms with Gasteiger partial charge in [0.25, 0.3) is 5.76 Å². The smallest absolute Gasteiger partial charge is 0.288 e. The Morgan fingerprint density at radius 1 is 1.22 bits per heavy atom. The molecular weight excluding hydrogens is 252 g/mol. The van der Waals surface area contributed by atoms with E-state index in [2.05, 4.69) is 12.2 Å². The largest absolute Gasteiger partial charge is 0.381 e. The lowest BCUT2D eigenvalue weighted by molar-refractivity contribution is 0.252. The fraction of sp³-hybridized carbons (Fsp3) is 0.571. The van der Waals surface area contributed by atoms with Gasteiger partial charge in [-0.1, -0.05) is 43.7 Å². The van der Waals surface area contributed by atoms with E-state index in [1.165, 1.54) is 19.3 Å². The van der Waals surface area contributed by atoms with Gasteiger partial charge in [-0.05, 0) is 30.9 Å². The van der Waals surface area contributed by atoms with Crippen molar-refractivity contribution in [1.29, 1.82) is 0 Å². The van der Waals surface area contributed by atoms with Crippen LogP contribution in [0.15, 0.2) is 29.2 Å². The number of hydrogen-bond acceptors (Lipinski definition) is 2. The number of alkyl halides is 2. The molecule has 1 saturated carbocycles. The van der Waals surface area contributed by atoms with Crippen LogP contribution in [0, 0.1) is 5.92 Å². The zero-order chi connectivity index (χ0) is 13.0. The number of anilines is 1. The van der Waals surface area contributed by atoms with Crippen molar-refractivity contribution in [3.63, 3.8) is 0 Å². The molecule has 1 aliphatic carbocycles. The van der Waals surface area contributed by atoms with E-state index in [0.717, 1.165) is 12.1 Å². The molecule has 1 fully saturated rings. The summed E-state index contributed by atoms with van der Waals surface area (Å²) in [6, 6.07) is 7.77. The highest BCUT2D eigenvalue weighted by Crippen LogP contribution is 2.34. The minimum absolute atomic E-state index is 0.415. The molecule has 0 spiro atoms. The molecule has 1 aromatic carbocycles. The van der Waals surface area contributed by atoms with E-state index in [4.69, 9.17) is 0 Å². The van der Waals surface area contributed by atoms with E-state index in [-0.39, 0.29) is 0 Å². The normalized spacial score (nSPS) is 24.2. The molecule has 4 heteroatoms. The first-order chi connectivity index (χ1) is 8.66. The predicted octanol–water partition coefficient (Wildman–Crippen LogP) is 4.99. The van der Waals surface area contributed by atoms with Gasteiger partial charge >= 0.3 is 0 Å². The van der Waals surface area contributed by atoms with Gasteiger partial charge < -0.3 is 5.32 Å². The lowest BCUT2D eigenvalue weighted by atomic mass is 9.86. The van der Waals surface area contributed by atoms with Gasteiger partial charge in [-0.3, -0.25) is 0 Å². The highest BCUT2D eigenvalue weighted by molar-refractivity contribution is 7.99. The lowest BCUT2D eigenvalue weighted by Crippen LogP contribution is -2.30. The molecule has 1 aliphatic rings. The van der Waals surface area contributed by atoms with Crippen LogP contribution < -0.4 is 5.32 Å². The third-order valence-electron chi connectivity index (χ3n) is 3.56. The Morgan fingerprint density at radius 3 is 2.67 bits per heavy atom. The molecule has 2 rings (SSSR count). The van der Waals surface area contributed by atoms with Crippen molar-refractivity contribution < 1.29 is 8.78 Å². The molecule has 2 atom stereocenters. The first-order valence-corrected chi connectivity index (χ1v) is 7.35. The summed E-state index contributed by atoms with van der Waals surface area (Å²) in [6.45, 7) is 2.24. The Bertz CT molecular complexity index is 384. The molecule has 1 nitrogen and oxygen atoms in total. The number of thioether (sulfide) groups is 1. The molecular formula is C14H19F2NS. The molecule has 1 aromatic rings. The number of nitrogens with one attached hydrogen (secondary N) is 1. The zero-order valence-electron chi connectivity index (χ0n) is 10.5. The van der Waals surface area contributed by atoms with Crippen LogP contribution in [0.1, 0.15) is 32.6 Å². The van der Waals surface area contributed by atoms with Crippen molar-refractivity contribution in [3.8, 4) is 0 Å². The molecule has 100 valence electrons. The van der Waals surface area contributed by atoms with Crippen molar-refractivity contribution in [2.24, 2.45) is 5.92 Å². The summed E-state index contributed by atoms with van der Waals surface area (Å²) in [5.74, 6) is -1.75. The summed E-state index contributed by atoms with van der Waals surface area (Å²) in [7, 11) is 0. The second-order valence-electron chi connectivity index (χ2n) is 4.89. The Morgan fingerprint density at radius 2 is 1.94 bits per heavy atom. The predicted molar refractivity (Wildman–Crippen MR) is 73.3 cm³/mol. The Kier molecular flexibility index (Phi) is 4.87. The molecule has 0 radical (unpaired) electrons. The molecule has 0 aliphatic heterocycles. The average molecular weight is 271 g/mol. The highest BCUT2D eigenvalue weighted by atomic mass is 32.2. The third-order valence-corrected chi connectivity index (χ3v) is 4.34. The summed E-state index contributed by atoms with van der Waals surface area (Å²) in [4.78, 5) is 0.644. The average Bonchev–Trinajstić information content (AvgIpc) is 2.34. The first-order valence-electron chi connectivity index (χ1n) is 6.47. The standard InChI is InChI=1S/C14H19F2NS/c1-10-6-2-3-7-11(10)17-12-8-4-5-9-13(12)18-14(15)16/h4-5,8-11,14,17H,2-3,6-7H2,1H3. The van der Waals surface area contributed by atoms with Crippen LogP contribution in [0.3, 0.4) is 0 Å². The number of rotatable bonds is 4. The van der Waals surface area contributed by atoms with E-state index < -0.39 is 5.76 Å². The van der Waals surface area contributed by atoms with Crippen LogP contribution in [-0.2, 0) is 0 Å². The van der Waals surface area contributed by atoms with Gasteiger partial charge in [0.2, 0.25) is 0 Å². The molecule has 1 N–H and O–H groups in total. The summed E-state index contributed by atoms with van der Waals surface area (Å²) < 4.78 is 25.0. The summed E-state index contributed by atoms with van der Waals surface area (Å²) in [5.41, 5.74) is 0.849. The fourth-order valence-corrected chi connectivity index (χ4v) is 3.12. The van der Waals surface area contributed by atoms with Crippen LogP contribution >= 0.6 is 11.8 Å². The van der Waals surface area contributed by atoms with Gasteiger partial charge in [-0.15, -0.1) is 0 Å².